The quantitative estimate of drug-likeness (QED) is 0.719. The normalized spacial score (nSPS) is 19.2. The van der Waals surface area contributed by atoms with Crippen LogP contribution in [0.25, 0.3) is 0 Å². The molecule has 0 unspecified atom stereocenters. The zero-order valence-electron chi connectivity index (χ0n) is 9.31. The Morgan fingerprint density at radius 1 is 1.38 bits per heavy atom. The van der Waals surface area contributed by atoms with Gasteiger partial charge in [0.2, 0.25) is 0 Å². The van der Waals surface area contributed by atoms with Crippen LogP contribution in [0.5, 0.6) is 0 Å². The van der Waals surface area contributed by atoms with Crippen LogP contribution in [0, 0.1) is 0 Å². The van der Waals surface area contributed by atoms with E-state index in [9.17, 15) is 4.79 Å². The molecule has 1 aliphatic rings. The number of hydrogen-bond acceptors (Lipinski definition) is 3. The second kappa shape index (κ2) is 4.45. The summed E-state index contributed by atoms with van der Waals surface area (Å²) < 4.78 is 0. The predicted octanol–water partition coefficient (Wildman–Crippen LogP) is 1.19. The number of hydrogen-bond donors (Lipinski definition) is 1. The molecule has 4 heteroatoms. The predicted molar refractivity (Wildman–Crippen MR) is 64.7 cm³/mol. The van der Waals surface area contributed by atoms with E-state index in [1.807, 2.05) is 7.05 Å². The molecule has 0 radical (unpaired) electrons. The van der Waals surface area contributed by atoms with Crippen LogP contribution >= 0.6 is 0 Å². The molecule has 1 heterocycles. The molecule has 1 aliphatic heterocycles. The van der Waals surface area contributed by atoms with Gasteiger partial charge < -0.3 is 10.6 Å². The van der Waals surface area contributed by atoms with Gasteiger partial charge in [0, 0.05) is 30.1 Å². The van der Waals surface area contributed by atoms with E-state index in [-0.39, 0.29) is 5.91 Å². The first kappa shape index (κ1) is 10.8. The van der Waals surface area contributed by atoms with E-state index in [0.717, 1.165) is 25.2 Å². The van der Waals surface area contributed by atoms with E-state index in [2.05, 4.69) is 9.89 Å². The van der Waals surface area contributed by atoms with Crippen LogP contribution in [-0.4, -0.2) is 36.7 Å². The average molecular weight is 217 g/mol. The molecular weight excluding hydrogens is 202 g/mol. The second-order valence-electron chi connectivity index (χ2n) is 4.09. The molecule has 1 amide bonds. The molecule has 4 nitrogen and oxygen atoms in total. The van der Waals surface area contributed by atoms with Gasteiger partial charge in [0.15, 0.2) is 0 Å². The summed E-state index contributed by atoms with van der Waals surface area (Å²) in [5.74, 6) is -0.176. The molecular formula is C12H15N3O. The van der Waals surface area contributed by atoms with Gasteiger partial charge in [-0.1, -0.05) is 0 Å². The lowest BCUT2D eigenvalue weighted by Gasteiger charge is -2.02. The molecule has 1 fully saturated rings. The Bertz CT molecular complexity index is 422. The highest BCUT2D eigenvalue weighted by atomic mass is 16.1. The minimum absolute atomic E-state index is 0.176. The van der Waals surface area contributed by atoms with Crippen LogP contribution in [0.4, 0.5) is 5.69 Å². The van der Waals surface area contributed by atoms with Gasteiger partial charge >= 0.3 is 0 Å². The minimum Gasteiger partial charge on any atom is -0.399 e. The van der Waals surface area contributed by atoms with Crippen molar-refractivity contribution in [1.29, 1.82) is 0 Å². The molecule has 2 rings (SSSR count). The molecule has 1 aromatic carbocycles. The third-order valence-corrected chi connectivity index (χ3v) is 2.65. The number of anilines is 1. The fourth-order valence-corrected chi connectivity index (χ4v) is 1.71. The number of aliphatic imine (C=N–C) groups is 1. The first-order valence-corrected chi connectivity index (χ1v) is 5.30. The summed E-state index contributed by atoms with van der Waals surface area (Å²) in [6.45, 7) is 1.77. The first-order chi connectivity index (χ1) is 7.65. The number of nitrogen functional groups attached to an aromatic ring is 1. The number of likely N-dealkylation sites (tertiary alicyclic amines) is 1. The number of nitrogens with zero attached hydrogens (tertiary/aromatic N) is 2. The average Bonchev–Trinajstić information content (AvgIpc) is 2.65. The molecule has 0 atom stereocenters. The Hall–Kier alpha value is -1.68. The molecule has 0 saturated carbocycles. The second-order valence-corrected chi connectivity index (χ2v) is 4.09. The Morgan fingerprint density at radius 3 is 2.62 bits per heavy atom. The highest BCUT2D eigenvalue weighted by Gasteiger charge is 2.15. The van der Waals surface area contributed by atoms with Gasteiger partial charge in [0.25, 0.3) is 5.91 Å². The number of carbonyl (C=O) groups excluding carboxylic acids is 1. The highest BCUT2D eigenvalue weighted by molar-refractivity contribution is 6.05. The third-order valence-electron chi connectivity index (χ3n) is 2.65. The number of carbonyl (C=O) groups is 1. The molecule has 1 aromatic rings. The van der Waals surface area contributed by atoms with Gasteiger partial charge in [-0.25, -0.2) is 4.99 Å². The van der Waals surface area contributed by atoms with E-state index in [1.165, 1.54) is 0 Å². The Balaban J connectivity index is 2.11. The van der Waals surface area contributed by atoms with Crippen LogP contribution in [0.15, 0.2) is 29.3 Å². The van der Waals surface area contributed by atoms with Crippen LogP contribution < -0.4 is 5.73 Å². The lowest BCUT2D eigenvalue weighted by atomic mass is 10.2. The van der Waals surface area contributed by atoms with Crippen molar-refractivity contribution in [3.8, 4) is 0 Å². The summed E-state index contributed by atoms with van der Waals surface area (Å²) in [5, 5.41) is 0. The van der Waals surface area contributed by atoms with Gasteiger partial charge in [-0.3, -0.25) is 4.79 Å². The number of amides is 1. The standard InChI is InChI=1S/C12H15N3O/c1-15-7-6-11(8-15)14-12(16)9-2-4-10(13)5-3-9/h2-5H,6-8,13H2,1H3. The van der Waals surface area contributed by atoms with E-state index in [0.29, 0.717) is 11.3 Å². The fourth-order valence-electron chi connectivity index (χ4n) is 1.71. The van der Waals surface area contributed by atoms with Crippen LogP contribution in [0.2, 0.25) is 0 Å². The maximum absolute atomic E-state index is 11.8. The molecule has 0 bridgehead atoms. The smallest absolute Gasteiger partial charge is 0.276 e. The molecule has 0 spiro atoms. The van der Waals surface area contributed by atoms with Crippen molar-refractivity contribution < 1.29 is 4.79 Å². The van der Waals surface area contributed by atoms with Gasteiger partial charge in [0.05, 0.1) is 0 Å². The molecule has 0 aromatic heterocycles. The Kier molecular flexibility index (Phi) is 3.01. The summed E-state index contributed by atoms with van der Waals surface area (Å²) in [6, 6.07) is 6.85. The Labute approximate surface area is 94.8 Å². The van der Waals surface area contributed by atoms with Crippen molar-refractivity contribution in [3.05, 3.63) is 29.8 Å². The number of benzene rings is 1. The fraction of sp³-hybridized carbons (Fsp3) is 0.333. The van der Waals surface area contributed by atoms with Crippen LogP contribution in [0.1, 0.15) is 16.8 Å². The molecule has 84 valence electrons. The zero-order chi connectivity index (χ0) is 11.5. The summed E-state index contributed by atoms with van der Waals surface area (Å²) in [6.07, 6.45) is 0.886. The molecule has 0 aliphatic carbocycles. The van der Waals surface area contributed by atoms with E-state index in [4.69, 9.17) is 5.73 Å². The van der Waals surface area contributed by atoms with Crippen molar-refractivity contribution >= 4 is 17.3 Å². The van der Waals surface area contributed by atoms with E-state index >= 15 is 0 Å². The highest BCUT2D eigenvalue weighted by Crippen LogP contribution is 2.09. The minimum atomic E-state index is -0.176. The molecule has 2 N–H and O–H groups in total. The summed E-state index contributed by atoms with van der Waals surface area (Å²) in [7, 11) is 2.02. The van der Waals surface area contributed by atoms with Crippen LogP contribution in [-0.2, 0) is 0 Å². The van der Waals surface area contributed by atoms with Crippen molar-refractivity contribution in [2.75, 3.05) is 25.9 Å². The third kappa shape index (κ3) is 2.46. The van der Waals surface area contributed by atoms with Gasteiger partial charge in [-0.05, 0) is 37.7 Å². The summed E-state index contributed by atoms with van der Waals surface area (Å²) in [5.41, 5.74) is 7.77. The SMILES string of the molecule is CN1CCC(=NC(=O)c2ccc(N)cc2)C1. The largest absolute Gasteiger partial charge is 0.399 e. The maximum Gasteiger partial charge on any atom is 0.276 e. The van der Waals surface area contributed by atoms with Crippen molar-refractivity contribution in [2.24, 2.45) is 4.99 Å². The first-order valence-electron chi connectivity index (χ1n) is 5.30. The lowest BCUT2D eigenvalue weighted by molar-refractivity contribution is 0.100. The topological polar surface area (TPSA) is 58.7 Å². The van der Waals surface area contributed by atoms with Crippen molar-refractivity contribution in [1.82, 2.24) is 4.90 Å². The van der Waals surface area contributed by atoms with Gasteiger partial charge in [-0.15, -0.1) is 0 Å². The molecule has 1 saturated heterocycles. The van der Waals surface area contributed by atoms with Crippen molar-refractivity contribution in [3.63, 3.8) is 0 Å². The zero-order valence-corrected chi connectivity index (χ0v) is 9.31. The number of nitrogens with two attached hydrogens (primary N) is 1. The monoisotopic (exact) mass is 217 g/mol. The lowest BCUT2D eigenvalue weighted by Crippen LogP contribution is -2.14. The van der Waals surface area contributed by atoms with Gasteiger partial charge in [0.1, 0.15) is 0 Å². The molecule has 16 heavy (non-hydrogen) atoms. The summed E-state index contributed by atoms with van der Waals surface area (Å²) >= 11 is 0. The Morgan fingerprint density at radius 2 is 2.06 bits per heavy atom. The van der Waals surface area contributed by atoms with Crippen molar-refractivity contribution in [2.45, 2.75) is 6.42 Å². The van der Waals surface area contributed by atoms with Crippen LogP contribution in [0.3, 0.4) is 0 Å². The van der Waals surface area contributed by atoms with E-state index < -0.39 is 0 Å². The number of rotatable bonds is 1. The van der Waals surface area contributed by atoms with Gasteiger partial charge in [-0.2, -0.15) is 0 Å². The maximum atomic E-state index is 11.8. The summed E-state index contributed by atoms with van der Waals surface area (Å²) in [4.78, 5) is 18.0. The van der Waals surface area contributed by atoms with E-state index in [1.54, 1.807) is 24.3 Å².